The second kappa shape index (κ2) is 5.08. The molecule has 1 rings (SSSR count). The van der Waals surface area contributed by atoms with Crippen molar-refractivity contribution in [2.24, 2.45) is 5.92 Å². The fourth-order valence-electron chi connectivity index (χ4n) is 1.86. The van der Waals surface area contributed by atoms with Crippen LogP contribution in [-0.4, -0.2) is 18.1 Å². The van der Waals surface area contributed by atoms with Gasteiger partial charge in [-0.1, -0.05) is 13.8 Å². The molecule has 1 saturated heterocycles. The molecule has 1 aliphatic rings. The SMILES string of the molecule is CCC1CC(C(Cl)CC)CCO1. The molecule has 0 bridgehead atoms. The average molecular weight is 191 g/mol. The Morgan fingerprint density at radius 1 is 1.50 bits per heavy atom. The van der Waals surface area contributed by atoms with E-state index in [0.717, 1.165) is 25.9 Å². The van der Waals surface area contributed by atoms with E-state index in [9.17, 15) is 0 Å². The Kier molecular flexibility index (Phi) is 4.38. The first-order valence-electron chi connectivity index (χ1n) is 5.03. The molecule has 0 aromatic carbocycles. The molecule has 0 amide bonds. The van der Waals surface area contributed by atoms with Crippen LogP contribution in [0.4, 0.5) is 0 Å². The number of halogens is 1. The van der Waals surface area contributed by atoms with E-state index >= 15 is 0 Å². The van der Waals surface area contributed by atoms with Gasteiger partial charge in [-0.2, -0.15) is 0 Å². The molecule has 0 N–H and O–H groups in total. The Hall–Kier alpha value is 0.250. The summed E-state index contributed by atoms with van der Waals surface area (Å²) in [5.74, 6) is 0.690. The minimum atomic E-state index is 0.364. The van der Waals surface area contributed by atoms with Gasteiger partial charge in [-0.25, -0.2) is 0 Å². The average Bonchev–Trinajstić information content (AvgIpc) is 2.17. The number of ether oxygens (including phenoxy) is 1. The highest BCUT2D eigenvalue weighted by molar-refractivity contribution is 6.20. The van der Waals surface area contributed by atoms with Crippen LogP contribution in [-0.2, 0) is 4.74 Å². The Balaban J connectivity index is 2.34. The van der Waals surface area contributed by atoms with Crippen LogP contribution >= 0.6 is 11.6 Å². The fraction of sp³-hybridized carbons (Fsp3) is 1.00. The van der Waals surface area contributed by atoms with Crippen LogP contribution in [0, 0.1) is 5.92 Å². The molecule has 1 nitrogen and oxygen atoms in total. The van der Waals surface area contributed by atoms with Crippen LogP contribution in [0.2, 0.25) is 0 Å². The molecule has 72 valence electrons. The van der Waals surface area contributed by atoms with E-state index in [1.165, 1.54) is 6.42 Å². The van der Waals surface area contributed by atoms with Crippen molar-refractivity contribution >= 4 is 11.6 Å². The lowest BCUT2D eigenvalue weighted by Gasteiger charge is -2.31. The summed E-state index contributed by atoms with van der Waals surface area (Å²) in [6.07, 6.45) is 5.00. The second-order valence-corrected chi connectivity index (χ2v) is 4.17. The van der Waals surface area contributed by atoms with E-state index in [4.69, 9.17) is 16.3 Å². The Morgan fingerprint density at radius 2 is 2.25 bits per heavy atom. The Morgan fingerprint density at radius 3 is 2.83 bits per heavy atom. The molecule has 0 saturated carbocycles. The van der Waals surface area contributed by atoms with E-state index in [1.54, 1.807) is 0 Å². The van der Waals surface area contributed by atoms with Gasteiger partial charge in [-0.05, 0) is 31.6 Å². The maximum absolute atomic E-state index is 6.21. The van der Waals surface area contributed by atoms with Gasteiger partial charge in [0.05, 0.1) is 6.10 Å². The van der Waals surface area contributed by atoms with Gasteiger partial charge < -0.3 is 4.74 Å². The first kappa shape index (κ1) is 10.3. The predicted molar refractivity (Wildman–Crippen MR) is 52.7 cm³/mol. The normalized spacial score (nSPS) is 33.2. The molecule has 3 atom stereocenters. The summed E-state index contributed by atoms with van der Waals surface area (Å²) in [5, 5.41) is 0.364. The van der Waals surface area contributed by atoms with Crippen LogP contribution in [0.25, 0.3) is 0 Å². The lowest BCUT2D eigenvalue weighted by molar-refractivity contribution is -0.0113. The van der Waals surface area contributed by atoms with Crippen molar-refractivity contribution in [3.63, 3.8) is 0 Å². The zero-order valence-electron chi connectivity index (χ0n) is 8.05. The summed E-state index contributed by atoms with van der Waals surface area (Å²) >= 11 is 6.21. The van der Waals surface area contributed by atoms with Crippen molar-refractivity contribution in [3.05, 3.63) is 0 Å². The lowest BCUT2D eigenvalue weighted by Crippen LogP contribution is -2.29. The molecular weight excluding hydrogens is 172 g/mol. The second-order valence-electron chi connectivity index (χ2n) is 3.61. The predicted octanol–water partition coefficient (Wildman–Crippen LogP) is 3.21. The van der Waals surface area contributed by atoms with Crippen molar-refractivity contribution in [1.29, 1.82) is 0 Å². The minimum Gasteiger partial charge on any atom is -0.378 e. The quantitative estimate of drug-likeness (QED) is 0.621. The zero-order valence-corrected chi connectivity index (χ0v) is 8.81. The van der Waals surface area contributed by atoms with Gasteiger partial charge in [-0.15, -0.1) is 11.6 Å². The van der Waals surface area contributed by atoms with E-state index in [0.29, 0.717) is 17.4 Å². The third-order valence-corrected chi connectivity index (χ3v) is 3.43. The number of alkyl halides is 1. The molecule has 1 fully saturated rings. The molecule has 0 aromatic heterocycles. The van der Waals surface area contributed by atoms with Gasteiger partial charge in [0.15, 0.2) is 0 Å². The van der Waals surface area contributed by atoms with Crippen LogP contribution in [0.5, 0.6) is 0 Å². The number of rotatable bonds is 3. The third-order valence-electron chi connectivity index (χ3n) is 2.76. The monoisotopic (exact) mass is 190 g/mol. The number of hydrogen-bond donors (Lipinski definition) is 0. The molecule has 0 radical (unpaired) electrons. The molecule has 0 aromatic rings. The van der Waals surface area contributed by atoms with E-state index in [-0.39, 0.29) is 0 Å². The number of hydrogen-bond acceptors (Lipinski definition) is 1. The van der Waals surface area contributed by atoms with Gasteiger partial charge in [0.2, 0.25) is 0 Å². The fourth-order valence-corrected chi connectivity index (χ4v) is 2.08. The van der Waals surface area contributed by atoms with Crippen LogP contribution in [0.15, 0.2) is 0 Å². The molecular formula is C10H19ClO. The molecule has 0 aliphatic carbocycles. The van der Waals surface area contributed by atoms with Crippen LogP contribution < -0.4 is 0 Å². The van der Waals surface area contributed by atoms with E-state index in [1.807, 2.05) is 0 Å². The van der Waals surface area contributed by atoms with Crippen molar-refractivity contribution in [2.45, 2.75) is 51.0 Å². The van der Waals surface area contributed by atoms with E-state index < -0.39 is 0 Å². The van der Waals surface area contributed by atoms with Crippen molar-refractivity contribution in [1.82, 2.24) is 0 Å². The van der Waals surface area contributed by atoms with Gasteiger partial charge in [-0.3, -0.25) is 0 Å². The maximum atomic E-state index is 6.21. The molecule has 0 spiro atoms. The summed E-state index contributed by atoms with van der Waals surface area (Å²) in [6.45, 7) is 5.25. The van der Waals surface area contributed by atoms with Crippen molar-refractivity contribution in [2.75, 3.05) is 6.61 Å². The highest BCUT2D eigenvalue weighted by Gasteiger charge is 2.25. The summed E-state index contributed by atoms with van der Waals surface area (Å²) in [4.78, 5) is 0. The summed E-state index contributed by atoms with van der Waals surface area (Å²) in [5.41, 5.74) is 0. The zero-order chi connectivity index (χ0) is 8.97. The Bertz CT molecular complexity index is 125. The lowest BCUT2D eigenvalue weighted by atomic mass is 9.90. The van der Waals surface area contributed by atoms with Crippen molar-refractivity contribution < 1.29 is 4.74 Å². The molecule has 1 heterocycles. The van der Waals surface area contributed by atoms with Gasteiger partial charge in [0.25, 0.3) is 0 Å². The molecule has 1 aliphatic heterocycles. The highest BCUT2D eigenvalue weighted by atomic mass is 35.5. The topological polar surface area (TPSA) is 9.23 Å². The first-order chi connectivity index (χ1) is 5.77. The molecule has 12 heavy (non-hydrogen) atoms. The van der Waals surface area contributed by atoms with Crippen LogP contribution in [0.1, 0.15) is 39.5 Å². The highest BCUT2D eigenvalue weighted by Crippen LogP contribution is 2.29. The largest absolute Gasteiger partial charge is 0.378 e. The first-order valence-corrected chi connectivity index (χ1v) is 5.47. The van der Waals surface area contributed by atoms with Gasteiger partial charge in [0, 0.05) is 12.0 Å². The maximum Gasteiger partial charge on any atom is 0.0575 e. The summed E-state index contributed by atoms with van der Waals surface area (Å²) < 4.78 is 5.59. The molecule has 2 heteroatoms. The van der Waals surface area contributed by atoms with Gasteiger partial charge in [0.1, 0.15) is 0 Å². The smallest absolute Gasteiger partial charge is 0.0575 e. The standard InChI is InChI=1S/C10H19ClO/c1-3-9-7-8(5-6-12-9)10(11)4-2/h8-10H,3-7H2,1-2H3. The van der Waals surface area contributed by atoms with E-state index in [2.05, 4.69) is 13.8 Å². The minimum absolute atomic E-state index is 0.364. The van der Waals surface area contributed by atoms with Crippen molar-refractivity contribution in [3.8, 4) is 0 Å². The summed E-state index contributed by atoms with van der Waals surface area (Å²) in [7, 11) is 0. The Labute approximate surface area is 80.4 Å². The summed E-state index contributed by atoms with van der Waals surface area (Å²) in [6, 6.07) is 0. The third kappa shape index (κ3) is 2.63. The van der Waals surface area contributed by atoms with Gasteiger partial charge >= 0.3 is 0 Å². The molecule has 3 unspecified atom stereocenters. The van der Waals surface area contributed by atoms with Crippen LogP contribution in [0.3, 0.4) is 0 Å².